The summed E-state index contributed by atoms with van der Waals surface area (Å²) in [5, 5.41) is 42.4. The second-order valence-electron chi connectivity index (χ2n) is 7.29. The van der Waals surface area contributed by atoms with Crippen LogP contribution in [0, 0.1) is 18.3 Å². The first-order valence-electron chi connectivity index (χ1n) is 9.45. The van der Waals surface area contributed by atoms with Crippen molar-refractivity contribution in [3.8, 4) is 17.3 Å². The van der Waals surface area contributed by atoms with E-state index in [-0.39, 0.29) is 11.3 Å². The average molecular weight is 430 g/mol. The van der Waals surface area contributed by atoms with Gasteiger partial charge in [0.2, 0.25) is 5.91 Å². The highest BCUT2D eigenvalue weighted by atomic mass is 16.5. The maximum Gasteiger partial charge on any atom is 0.331 e. The molecule has 1 aromatic heterocycles. The number of aryl methyl sites for hydroxylation is 1. The van der Waals surface area contributed by atoms with Crippen molar-refractivity contribution < 1.29 is 24.9 Å². The molecule has 31 heavy (non-hydrogen) atoms. The summed E-state index contributed by atoms with van der Waals surface area (Å²) >= 11 is 0. The molecule has 5 N–H and O–H groups in total. The van der Waals surface area contributed by atoms with Crippen molar-refractivity contribution >= 4 is 5.91 Å². The van der Waals surface area contributed by atoms with Crippen molar-refractivity contribution in [2.45, 2.75) is 44.4 Å². The molecule has 3 rings (SSSR count). The Bertz CT molecular complexity index is 1130. The molecule has 1 aliphatic heterocycles. The number of nitrogens with one attached hydrogen (secondary N) is 2. The number of aliphatic hydroxyl groups excluding tert-OH is 3. The largest absolute Gasteiger partial charge is 0.394 e. The molecule has 0 unspecified atom stereocenters. The first-order valence-corrected chi connectivity index (χ1v) is 9.45. The highest BCUT2D eigenvalue weighted by molar-refractivity contribution is 5.73. The second-order valence-corrected chi connectivity index (χ2v) is 7.29. The molecule has 1 saturated heterocycles. The lowest BCUT2D eigenvalue weighted by Gasteiger charge is -2.43. The van der Waals surface area contributed by atoms with Crippen LogP contribution in [-0.4, -0.2) is 61.7 Å². The summed E-state index contributed by atoms with van der Waals surface area (Å²) in [4.78, 5) is 39.0. The maximum absolute atomic E-state index is 12.9. The first-order chi connectivity index (χ1) is 14.7. The van der Waals surface area contributed by atoms with E-state index in [1.165, 1.54) is 6.92 Å². The standard InChI is InChI=1S/C20H22N4O7/c1-9-3-5-11(6-4-9)15-12(7-21)18(29)23-20(30)24(15)19-14(22-10(2)26)17(28)16(27)13(8-25)31-19/h3-6,13-14,16-17,19,25,27-28H,8H2,1-2H3,(H,22,26)(H,23,29,30)/t13-,14-,16-,17-,19-/m1/s1. The van der Waals surface area contributed by atoms with Crippen LogP contribution in [0.15, 0.2) is 33.9 Å². The minimum absolute atomic E-state index is 0.0862. The summed E-state index contributed by atoms with van der Waals surface area (Å²) in [6, 6.07) is 7.09. The van der Waals surface area contributed by atoms with Gasteiger partial charge in [0.1, 0.15) is 36.0 Å². The third kappa shape index (κ3) is 4.14. The lowest BCUT2D eigenvalue weighted by Crippen LogP contribution is -2.63. The molecule has 1 amide bonds. The van der Waals surface area contributed by atoms with Gasteiger partial charge >= 0.3 is 5.69 Å². The van der Waals surface area contributed by atoms with Crippen LogP contribution in [0.25, 0.3) is 11.3 Å². The molecule has 0 saturated carbocycles. The Morgan fingerprint density at radius 2 is 1.90 bits per heavy atom. The molecular formula is C20H22N4O7. The van der Waals surface area contributed by atoms with Crippen LogP contribution in [0.4, 0.5) is 0 Å². The molecule has 0 radical (unpaired) electrons. The number of aromatic nitrogens is 2. The number of hydrogen-bond donors (Lipinski definition) is 5. The third-order valence-corrected chi connectivity index (χ3v) is 5.11. The third-order valence-electron chi connectivity index (χ3n) is 5.11. The van der Waals surface area contributed by atoms with E-state index in [4.69, 9.17) is 4.74 Å². The molecule has 2 heterocycles. The van der Waals surface area contributed by atoms with E-state index in [0.29, 0.717) is 5.56 Å². The van der Waals surface area contributed by atoms with E-state index in [9.17, 15) is 35.0 Å². The Hall–Kier alpha value is -3.30. The summed E-state index contributed by atoms with van der Waals surface area (Å²) < 4.78 is 6.61. The Morgan fingerprint density at radius 1 is 1.26 bits per heavy atom. The smallest absolute Gasteiger partial charge is 0.331 e. The number of H-pyrrole nitrogens is 1. The summed E-state index contributed by atoms with van der Waals surface area (Å²) in [5.41, 5.74) is -1.10. The van der Waals surface area contributed by atoms with Crippen molar-refractivity contribution in [2.24, 2.45) is 0 Å². The topological polar surface area (TPSA) is 178 Å². The number of carbonyl (C=O) groups excluding carboxylic acids is 1. The van der Waals surface area contributed by atoms with Gasteiger partial charge in [-0.3, -0.25) is 19.1 Å². The summed E-state index contributed by atoms with van der Waals surface area (Å²) in [7, 11) is 0. The van der Waals surface area contributed by atoms with Crippen LogP contribution in [0.2, 0.25) is 0 Å². The Balaban J connectivity index is 2.32. The minimum atomic E-state index is -1.62. The molecule has 5 atom stereocenters. The van der Waals surface area contributed by atoms with Gasteiger partial charge in [0.05, 0.1) is 12.3 Å². The van der Waals surface area contributed by atoms with Crippen LogP contribution in [0.3, 0.4) is 0 Å². The van der Waals surface area contributed by atoms with Crippen LogP contribution in [-0.2, 0) is 9.53 Å². The number of ether oxygens (including phenoxy) is 1. The molecule has 0 bridgehead atoms. The fourth-order valence-corrected chi connectivity index (χ4v) is 3.60. The highest BCUT2D eigenvalue weighted by Crippen LogP contribution is 2.32. The lowest BCUT2D eigenvalue weighted by atomic mass is 9.95. The number of rotatable bonds is 4. The van der Waals surface area contributed by atoms with E-state index in [1.54, 1.807) is 30.3 Å². The quantitative estimate of drug-likeness (QED) is 0.389. The molecule has 11 heteroatoms. The van der Waals surface area contributed by atoms with Gasteiger partial charge in [0.25, 0.3) is 5.56 Å². The Kier molecular flexibility index (Phi) is 6.37. The second kappa shape index (κ2) is 8.83. The van der Waals surface area contributed by atoms with Crippen molar-refractivity contribution in [2.75, 3.05) is 6.61 Å². The van der Waals surface area contributed by atoms with E-state index in [2.05, 4.69) is 5.32 Å². The van der Waals surface area contributed by atoms with Crippen molar-refractivity contribution in [1.29, 1.82) is 5.26 Å². The molecule has 11 nitrogen and oxygen atoms in total. The Morgan fingerprint density at radius 3 is 2.45 bits per heavy atom. The van der Waals surface area contributed by atoms with E-state index < -0.39 is 54.3 Å². The van der Waals surface area contributed by atoms with Crippen LogP contribution in [0.1, 0.15) is 24.3 Å². The SMILES string of the molecule is CC(=O)N[C@@H]1[C@@H](O)[C@H](O)[C@@H](CO)O[C@H]1n1c(-c2ccc(C)cc2)c(C#N)c(=O)[nH]c1=O. The summed E-state index contributed by atoms with van der Waals surface area (Å²) in [6.45, 7) is 2.32. The normalized spacial score (nSPS) is 25.6. The van der Waals surface area contributed by atoms with E-state index >= 15 is 0 Å². The van der Waals surface area contributed by atoms with Gasteiger partial charge in [-0.15, -0.1) is 0 Å². The lowest BCUT2D eigenvalue weighted by molar-refractivity contribution is -0.217. The number of aromatic amines is 1. The monoisotopic (exact) mass is 430 g/mol. The number of hydrogen-bond acceptors (Lipinski definition) is 8. The minimum Gasteiger partial charge on any atom is -0.394 e. The molecule has 1 aliphatic rings. The van der Waals surface area contributed by atoms with Gasteiger partial charge in [-0.25, -0.2) is 4.79 Å². The molecule has 1 fully saturated rings. The van der Waals surface area contributed by atoms with Crippen LogP contribution >= 0.6 is 0 Å². The predicted molar refractivity (Wildman–Crippen MR) is 107 cm³/mol. The van der Waals surface area contributed by atoms with Crippen molar-refractivity contribution in [3.63, 3.8) is 0 Å². The van der Waals surface area contributed by atoms with E-state index in [0.717, 1.165) is 10.1 Å². The van der Waals surface area contributed by atoms with E-state index in [1.807, 2.05) is 11.9 Å². The number of nitrogens with zero attached hydrogens (tertiary/aromatic N) is 2. The summed E-state index contributed by atoms with van der Waals surface area (Å²) in [6.07, 6.45) is -5.92. The zero-order valence-corrected chi connectivity index (χ0v) is 16.8. The average Bonchev–Trinajstić information content (AvgIpc) is 2.72. The van der Waals surface area contributed by atoms with Gasteiger partial charge in [-0.2, -0.15) is 5.26 Å². The molecule has 0 aliphatic carbocycles. The summed E-state index contributed by atoms with van der Waals surface area (Å²) in [5.74, 6) is -0.581. The number of amides is 1. The fraction of sp³-hybridized carbons (Fsp3) is 0.400. The molecule has 0 spiro atoms. The zero-order chi connectivity index (χ0) is 22.9. The van der Waals surface area contributed by atoms with Gasteiger partial charge < -0.3 is 25.4 Å². The zero-order valence-electron chi connectivity index (χ0n) is 16.8. The molecule has 164 valence electrons. The van der Waals surface area contributed by atoms with Crippen molar-refractivity contribution in [3.05, 3.63) is 56.2 Å². The van der Waals surface area contributed by atoms with Gasteiger partial charge in [-0.1, -0.05) is 29.8 Å². The molecule has 1 aromatic carbocycles. The van der Waals surface area contributed by atoms with Crippen molar-refractivity contribution in [1.82, 2.24) is 14.9 Å². The fourth-order valence-electron chi connectivity index (χ4n) is 3.60. The highest BCUT2D eigenvalue weighted by Gasteiger charge is 2.46. The van der Waals surface area contributed by atoms with Crippen LogP contribution in [0.5, 0.6) is 0 Å². The number of carbonyl (C=O) groups is 1. The number of nitriles is 1. The Labute approximate surface area is 176 Å². The maximum atomic E-state index is 12.9. The predicted octanol–water partition coefficient (Wildman–Crippen LogP) is -1.50. The molecule has 2 aromatic rings. The number of benzene rings is 1. The van der Waals surface area contributed by atoms with Gasteiger partial charge in [-0.05, 0) is 12.5 Å². The first kappa shape index (κ1) is 22.4. The number of aliphatic hydroxyl groups is 3. The van der Waals surface area contributed by atoms with Gasteiger partial charge in [0.15, 0.2) is 6.23 Å². The molecular weight excluding hydrogens is 408 g/mol. The van der Waals surface area contributed by atoms with Crippen LogP contribution < -0.4 is 16.6 Å². The van der Waals surface area contributed by atoms with Gasteiger partial charge in [0, 0.05) is 6.92 Å².